The van der Waals surface area contributed by atoms with Crippen LogP contribution in [0.3, 0.4) is 0 Å². The number of aromatic nitrogens is 2. The summed E-state index contributed by atoms with van der Waals surface area (Å²) in [6.07, 6.45) is 2.48. The van der Waals surface area contributed by atoms with Gasteiger partial charge in [-0.15, -0.1) is 0 Å². The number of fused-ring (bicyclic) bond motifs is 1. The van der Waals surface area contributed by atoms with Gasteiger partial charge in [0.1, 0.15) is 17.9 Å². The monoisotopic (exact) mass is 369 g/mol. The molecule has 0 radical (unpaired) electrons. The maximum Gasteiger partial charge on any atom is 0.242 e. The lowest BCUT2D eigenvalue weighted by molar-refractivity contribution is -0.123. The first-order valence-corrected chi connectivity index (χ1v) is 9.63. The topological polar surface area (TPSA) is 65.4 Å². The third-order valence-electron chi connectivity index (χ3n) is 5.97. The Morgan fingerprint density at radius 2 is 2.00 bits per heavy atom. The third-order valence-corrected chi connectivity index (χ3v) is 5.97. The summed E-state index contributed by atoms with van der Waals surface area (Å²) in [4.78, 5) is 12.8. The summed E-state index contributed by atoms with van der Waals surface area (Å²) in [7, 11) is 0. The van der Waals surface area contributed by atoms with Crippen LogP contribution in [0.5, 0.6) is 5.75 Å². The molecule has 3 heterocycles. The van der Waals surface area contributed by atoms with E-state index in [4.69, 9.17) is 9.47 Å². The van der Waals surface area contributed by atoms with Crippen molar-refractivity contribution < 1.29 is 14.3 Å². The van der Waals surface area contributed by atoms with Crippen LogP contribution in [0.2, 0.25) is 0 Å². The maximum atomic E-state index is 12.8. The number of hydrogen-bond acceptors (Lipinski definition) is 4. The number of aryl methyl sites for hydroxylation is 1. The molecule has 1 saturated heterocycles. The smallest absolute Gasteiger partial charge is 0.242 e. The van der Waals surface area contributed by atoms with Crippen molar-refractivity contribution in [3.05, 3.63) is 46.8 Å². The first-order valence-electron chi connectivity index (χ1n) is 9.63. The van der Waals surface area contributed by atoms with Gasteiger partial charge in [-0.05, 0) is 32.4 Å². The Bertz CT molecular complexity index is 852. The van der Waals surface area contributed by atoms with E-state index < -0.39 is 0 Å². The standard InChI is InChI=1S/C21H27N3O3/c1-14-15(2)23-24(16(14)3)13-20(25)22-18-12-21(8-10-26-11-9-21)27-19-7-5-4-6-17(18)19/h4-7,18H,8-13H2,1-3H3,(H,22,25). The number of carbonyl (C=O) groups is 1. The zero-order valence-corrected chi connectivity index (χ0v) is 16.2. The summed E-state index contributed by atoms with van der Waals surface area (Å²) in [5, 5.41) is 7.72. The molecule has 2 aliphatic rings. The molecule has 6 heteroatoms. The van der Waals surface area contributed by atoms with Crippen molar-refractivity contribution in [1.82, 2.24) is 15.1 Å². The second-order valence-corrected chi connectivity index (χ2v) is 7.71. The highest BCUT2D eigenvalue weighted by atomic mass is 16.5. The van der Waals surface area contributed by atoms with E-state index >= 15 is 0 Å². The number of amides is 1. The number of nitrogens with zero attached hydrogens (tertiary/aromatic N) is 2. The van der Waals surface area contributed by atoms with E-state index in [1.165, 1.54) is 0 Å². The number of carbonyl (C=O) groups excluding carboxylic acids is 1. The third kappa shape index (κ3) is 3.46. The summed E-state index contributed by atoms with van der Waals surface area (Å²) in [5.41, 5.74) is 3.95. The van der Waals surface area contributed by atoms with E-state index in [2.05, 4.69) is 10.4 Å². The molecule has 2 aliphatic heterocycles. The van der Waals surface area contributed by atoms with Crippen LogP contribution in [-0.4, -0.2) is 34.5 Å². The van der Waals surface area contributed by atoms with Gasteiger partial charge in [0.2, 0.25) is 5.91 Å². The lowest BCUT2D eigenvalue weighted by Crippen LogP contribution is -2.49. The zero-order chi connectivity index (χ0) is 19.0. The van der Waals surface area contributed by atoms with Gasteiger partial charge in [0, 0.05) is 30.5 Å². The molecule has 2 aromatic rings. The maximum absolute atomic E-state index is 12.8. The fourth-order valence-electron chi connectivity index (χ4n) is 4.11. The summed E-state index contributed by atoms with van der Waals surface area (Å²) >= 11 is 0. The van der Waals surface area contributed by atoms with Gasteiger partial charge >= 0.3 is 0 Å². The van der Waals surface area contributed by atoms with Crippen LogP contribution in [0.15, 0.2) is 24.3 Å². The molecule has 6 nitrogen and oxygen atoms in total. The Morgan fingerprint density at radius 1 is 1.26 bits per heavy atom. The van der Waals surface area contributed by atoms with Crippen molar-refractivity contribution >= 4 is 5.91 Å². The molecule has 1 spiro atoms. The highest BCUT2D eigenvalue weighted by Crippen LogP contribution is 2.43. The Kier molecular flexibility index (Phi) is 4.68. The van der Waals surface area contributed by atoms with Crippen molar-refractivity contribution in [3.8, 4) is 5.75 Å². The number of para-hydroxylation sites is 1. The molecule has 1 aromatic heterocycles. The second kappa shape index (κ2) is 7.00. The average molecular weight is 369 g/mol. The predicted molar refractivity (Wildman–Crippen MR) is 102 cm³/mol. The molecular formula is C21H27N3O3. The van der Waals surface area contributed by atoms with E-state index in [9.17, 15) is 4.79 Å². The predicted octanol–water partition coefficient (Wildman–Crippen LogP) is 3.00. The Morgan fingerprint density at radius 3 is 2.70 bits per heavy atom. The van der Waals surface area contributed by atoms with Gasteiger partial charge in [-0.1, -0.05) is 18.2 Å². The number of hydrogen-bond donors (Lipinski definition) is 1. The average Bonchev–Trinajstić information content (AvgIpc) is 2.89. The summed E-state index contributed by atoms with van der Waals surface area (Å²) in [6.45, 7) is 7.65. The van der Waals surface area contributed by atoms with Gasteiger partial charge in [-0.3, -0.25) is 9.48 Å². The minimum absolute atomic E-state index is 0.0236. The van der Waals surface area contributed by atoms with Crippen LogP contribution in [0.4, 0.5) is 0 Å². The van der Waals surface area contributed by atoms with Crippen molar-refractivity contribution in [3.63, 3.8) is 0 Å². The minimum atomic E-state index is -0.251. The number of nitrogens with one attached hydrogen (secondary N) is 1. The SMILES string of the molecule is Cc1nn(CC(=O)NC2CC3(CCOCC3)Oc3ccccc32)c(C)c1C. The number of rotatable bonds is 3. The van der Waals surface area contributed by atoms with E-state index in [-0.39, 0.29) is 24.1 Å². The van der Waals surface area contributed by atoms with Crippen LogP contribution >= 0.6 is 0 Å². The molecule has 1 N–H and O–H groups in total. The summed E-state index contributed by atoms with van der Waals surface area (Å²) in [5.74, 6) is 0.849. The lowest BCUT2D eigenvalue weighted by Gasteiger charge is -2.44. The van der Waals surface area contributed by atoms with Gasteiger partial charge in [0.05, 0.1) is 24.9 Å². The fraction of sp³-hybridized carbons (Fsp3) is 0.524. The van der Waals surface area contributed by atoms with Crippen LogP contribution in [0.1, 0.15) is 47.8 Å². The molecule has 0 bridgehead atoms. The number of benzene rings is 1. The lowest BCUT2D eigenvalue weighted by atomic mass is 9.82. The molecule has 1 atom stereocenters. The molecule has 27 heavy (non-hydrogen) atoms. The van der Waals surface area contributed by atoms with Crippen molar-refractivity contribution in [2.45, 2.75) is 58.2 Å². The van der Waals surface area contributed by atoms with E-state index in [1.54, 1.807) is 4.68 Å². The molecule has 4 rings (SSSR count). The highest BCUT2D eigenvalue weighted by molar-refractivity contribution is 5.76. The molecule has 1 fully saturated rings. The largest absolute Gasteiger partial charge is 0.487 e. The first kappa shape index (κ1) is 18.0. The molecule has 0 aliphatic carbocycles. The van der Waals surface area contributed by atoms with Crippen LogP contribution in [0.25, 0.3) is 0 Å². The van der Waals surface area contributed by atoms with Crippen molar-refractivity contribution in [2.24, 2.45) is 0 Å². The Balaban J connectivity index is 1.54. The van der Waals surface area contributed by atoms with Gasteiger partial charge in [0.15, 0.2) is 0 Å². The van der Waals surface area contributed by atoms with E-state index in [0.717, 1.165) is 47.5 Å². The van der Waals surface area contributed by atoms with Gasteiger partial charge < -0.3 is 14.8 Å². The van der Waals surface area contributed by atoms with Gasteiger partial charge in [-0.2, -0.15) is 5.10 Å². The number of ether oxygens (including phenoxy) is 2. The molecule has 144 valence electrons. The first-order chi connectivity index (χ1) is 13.0. The Labute approximate surface area is 159 Å². The highest BCUT2D eigenvalue weighted by Gasteiger charge is 2.42. The van der Waals surface area contributed by atoms with Crippen molar-refractivity contribution in [2.75, 3.05) is 13.2 Å². The normalized spacial score (nSPS) is 20.8. The van der Waals surface area contributed by atoms with Gasteiger partial charge in [-0.25, -0.2) is 0 Å². The van der Waals surface area contributed by atoms with E-state index in [1.807, 2.05) is 45.0 Å². The molecule has 1 unspecified atom stereocenters. The minimum Gasteiger partial charge on any atom is -0.487 e. The molecule has 1 aromatic carbocycles. The van der Waals surface area contributed by atoms with Crippen LogP contribution in [-0.2, 0) is 16.1 Å². The van der Waals surface area contributed by atoms with Crippen LogP contribution in [0, 0.1) is 20.8 Å². The molecular weight excluding hydrogens is 342 g/mol. The fourth-order valence-corrected chi connectivity index (χ4v) is 4.11. The molecule has 0 saturated carbocycles. The zero-order valence-electron chi connectivity index (χ0n) is 16.2. The molecule has 1 amide bonds. The van der Waals surface area contributed by atoms with Crippen molar-refractivity contribution in [1.29, 1.82) is 0 Å². The summed E-state index contributed by atoms with van der Waals surface area (Å²) in [6, 6.07) is 7.95. The second-order valence-electron chi connectivity index (χ2n) is 7.71. The summed E-state index contributed by atoms with van der Waals surface area (Å²) < 4.78 is 13.7. The van der Waals surface area contributed by atoms with E-state index in [0.29, 0.717) is 13.2 Å². The quantitative estimate of drug-likeness (QED) is 0.903. The van der Waals surface area contributed by atoms with Gasteiger partial charge in [0.25, 0.3) is 0 Å². The van der Waals surface area contributed by atoms with Crippen LogP contribution < -0.4 is 10.1 Å². The Hall–Kier alpha value is -2.34.